The number of imidazole rings is 1. The number of anilines is 4. The van der Waals surface area contributed by atoms with Gasteiger partial charge >= 0.3 is 0 Å². The summed E-state index contributed by atoms with van der Waals surface area (Å²) in [6.07, 6.45) is 3.52. The minimum Gasteiger partial charge on any atom is -0.385 e. The number of nitrogens with one attached hydrogen (secondary N) is 1. The zero-order valence-electron chi connectivity index (χ0n) is 18.3. The smallest absolute Gasteiger partial charge is 0.269 e. The number of nitrogens with zero attached hydrogens (tertiary/aromatic N) is 5. The quantitative estimate of drug-likeness (QED) is 0.532. The number of primary amides is 1. The van der Waals surface area contributed by atoms with E-state index in [0.717, 1.165) is 43.6 Å². The second-order valence-corrected chi connectivity index (χ2v) is 8.58. The zero-order valence-corrected chi connectivity index (χ0v) is 18.3. The number of amides is 1. The van der Waals surface area contributed by atoms with Crippen molar-refractivity contribution in [2.24, 2.45) is 11.7 Å². The van der Waals surface area contributed by atoms with Crippen molar-refractivity contribution in [3.63, 3.8) is 0 Å². The van der Waals surface area contributed by atoms with Crippen LogP contribution in [0.4, 0.5) is 27.3 Å². The molecule has 3 aromatic rings. The van der Waals surface area contributed by atoms with Crippen LogP contribution in [-0.4, -0.2) is 59.1 Å². The standard InChI is InChI=1S/C23H26FN7O2/c1-26-18-11-21(28-31-20(22(25)33)12-27-23(18)31)30(19-10-17(19)24)16-4-2-3-15(9-16)29-7-5-14(13-32)6-8-29/h2-4,9,11-14,17,19,26H,5-8,10H2,1H3,(H2,25,33)/t17-,19+/m0/s1. The first-order valence-corrected chi connectivity index (χ1v) is 11.1. The normalized spacial score (nSPS) is 20.6. The topological polar surface area (TPSA) is 109 Å². The second kappa shape index (κ2) is 8.34. The molecule has 0 radical (unpaired) electrons. The lowest BCUT2D eigenvalue weighted by Gasteiger charge is -2.32. The van der Waals surface area contributed by atoms with E-state index in [2.05, 4.69) is 20.3 Å². The van der Waals surface area contributed by atoms with Gasteiger partial charge in [0, 0.05) is 49.9 Å². The molecule has 0 unspecified atom stereocenters. The van der Waals surface area contributed by atoms with Crippen LogP contribution in [-0.2, 0) is 4.79 Å². The molecule has 1 amide bonds. The first-order valence-electron chi connectivity index (χ1n) is 11.1. The molecule has 1 aromatic carbocycles. The number of rotatable bonds is 7. The third kappa shape index (κ3) is 3.85. The van der Waals surface area contributed by atoms with Gasteiger partial charge in [-0.25, -0.2) is 13.9 Å². The Labute approximate surface area is 190 Å². The third-order valence-electron chi connectivity index (χ3n) is 6.44. The van der Waals surface area contributed by atoms with Gasteiger partial charge < -0.3 is 25.6 Å². The molecule has 2 atom stereocenters. The molecule has 3 heterocycles. The SMILES string of the molecule is CNc1cc(N(c2cccc(N3CCC(C=O)CC3)c2)[C@@H]2C[C@@H]2F)nn2c(C(N)=O)cnc12. The average molecular weight is 452 g/mol. The van der Waals surface area contributed by atoms with Gasteiger partial charge in [-0.15, -0.1) is 5.10 Å². The fourth-order valence-electron chi connectivity index (χ4n) is 4.47. The number of piperidine rings is 1. The minimum absolute atomic E-state index is 0.116. The summed E-state index contributed by atoms with van der Waals surface area (Å²) in [6.45, 7) is 1.60. The molecule has 2 aromatic heterocycles. The van der Waals surface area contributed by atoms with Gasteiger partial charge in [-0.1, -0.05) is 6.07 Å². The van der Waals surface area contributed by atoms with Crippen LogP contribution in [0.15, 0.2) is 36.5 Å². The Hall–Kier alpha value is -3.69. The van der Waals surface area contributed by atoms with Gasteiger partial charge in [0.1, 0.15) is 18.2 Å². The summed E-state index contributed by atoms with van der Waals surface area (Å²) < 4.78 is 15.8. The van der Waals surface area contributed by atoms with E-state index < -0.39 is 12.1 Å². The van der Waals surface area contributed by atoms with E-state index in [1.807, 2.05) is 29.2 Å². The summed E-state index contributed by atoms with van der Waals surface area (Å²) in [5.41, 5.74) is 8.62. The summed E-state index contributed by atoms with van der Waals surface area (Å²) in [6, 6.07) is 9.39. The summed E-state index contributed by atoms with van der Waals surface area (Å²) in [5.74, 6) is -0.0317. The number of alkyl halides is 1. The summed E-state index contributed by atoms with van der Waals surface area (Å²) >= 11 is 0. The summed E-state index contributed by atoms with van der Waals surface area (Å²) in [4.78, 5) is 31.4. The fraction of sp³-hybridized carbons (Fsp3) is 0.391. The van der Waals surface area contributed by atoms with Gasteiger partial charge in [0.2, 0.25) is 0 Å². The van der Waals surface area contributed by atoms with Gasteiger partial charge in [-0.2, -0.15) is 0 Å². The summed E-state index contributed by atoms with van der Waals surface area (Å²) in [7, 11) is 1.75. The predicted octanol–water partition coefficient (Wildman–Crippen LogP) is 2.53. The number of halogens is 1. The molecule has 10 heteroatoms. The molecular formula is C23H26FN7O2. The van der Waals surface area contributed by atoms with Gasteiger partial charge in [-0.05, 0) is 31.0 Å². The number of hydrogen-bond acceptors (Lipinski definition) is 7. The van der Waals surface area contributed by atoms with Crippen molar-refractivity contribution >= 4 is 40.7 Å². The van der Waals surface area contributed by atoms with Crippen LogP contribution in [0.5, 0.6) is 0 Å². The van der Waals surface area contributed by atoms with Crippen LogP contribution in [0.2, 0.25) is 0 Å². The number of aldehydes is 1. The van der Waals surface area contributed by atoms with Crippen molar-refractivity contribution < 1.29 is 14.0 Å². The highest BCUT2D eigenvalue weighted by molar-refractivity contribution is 5.92. The predicted molar refractivity (Wildman–Crippen MR) is 124 cm³/mol. The monoisotopic (exact) mass is 451 g/mol. The Kier molecular flexibility index (Phi) is 5.35. The maximum absolute atomic E-state index is 14.4. The van der Waals surface area contributed by atoms with Crippen molar-refractivity contribution in [2.75, 3.05) is 35.3 Å². The second-order valence-electron chi connectivity index (χ2n) is 8.58. The number of aromatic nitrogens is 3. The molecule has 0 bridgehead atoms. The maximum Gasteiger partial charge on any atom is 0.269 e. The van der Waals surface area contributed by atoms with Gasteiger partial charge in [0.05, 0.1) is 17.9 Å². The lowest BCUT2D eigenvalue weighted by atomic mass is 9.98. The molecule has 2 aliphatic rings. The molecule has 1 aliphatic heterocycles. The molecule has 5 rings (SSSR count). The maximum atomic E-state index is 14.4. The number of hydrogen-bond donors (Lipinski definition) is 2. The van der Waals surface area contributed by atoms with E-state index in [1.54, 1.807) is 13.1 Å². The zero-order chi connectivity index (χ0) is 23.1. The number of fused-ring (bicyclic) bond motifs is 1. The Morgan fingerprint density at radius 2 is 2.06 bits per heavy atom. The highest BCUT2D eigenvalue weighted by Gasteiger charge is 2.44. The van der Waals surface area contributed by atoms with Crippen molar-refractivity contribution in [3.05, 3.63) is 42.2 Å². The Morgan fingerprint density at radius 1 is 1.30 bits per heavy atom. The minimum atomic E-state index is -0.967. The number of nitrogens with two attached hydrogens (primary N) is 1. The molecular weight excluding hydrogens is 425 g/mol. The molecule has 172 valence electrons. The van der Waals surface area contributed by atoms with Crippen LogP contribution in [0.3, 0.4) is 0 Å². The average Bonchev–Trinajstić information content (AvgIpc) is 3.38. The largest absolute Gasteiger partial charge is 0.385 e. The summed E-state index contributed by atoms with van der Waals surface area (Å²) in [5, 5.41) is 7.70. The Balaban J connectivity index is 1.56. The van der Waals surface area contributed by atoms with E-state index in [-0.39, 0.29) is 17.7 Å². The van der Waals surface area contributed by atoms with Gasteiger partial charge in [0.25, 0.3) is 5.91 Å². The lowest BCUT2D eigenvalue weighted by molar-refractivity contribution is -0.111. The van der Waals surface area contributed by atoms with Crippen LogP contribution < -0.4 is 20.9 Å². The van der Waals surface area contributed by atoms with E-state index in [9.17, 15) is 14.0 Å². The van der Waals surface area contributed by atoms with Crippen molar-refractivity contribution in [3.8, 4) is 0 Å². The first-order chi connectivity index (χ1) is 16.0. The van der Waals surface area contributed by atoms with Crippen molar-refractivity contribution in [1.29, 1.82) is 0 Å². The highest BCUT2D eigenvalue weighted by atomic mass is 19.1. The van der Waals surface area contributed by atoms with E-state index in [0.29, 0.717) is 23.6 Å². The third-order valence-corrected chi connectivity index (χ3v) is 6.44. The molecule has 2 fully saturated rings. The molecule has 3 N–H and O–H groups in total. The van der Waals surface area contributed by atoms with E-state index in [4.69, 9.17) is 5.73 Å². The number of carbonyl (C=O) groups excluding carboxylic acids is 2. The van der Waals surface area contributed by atoms with Crippen LogP contribution >= 0.6 is 0 Å². The van der Waals surface area contributed by atoms with E-state index in [1.165, 1.54) is 10.7 Å². The molecule has 33 heavy (non-hydrogen) atoms. The van der Waals surface area contributed by atoms with Crippen LogP contribution in [0.25, 0.3) is 5.65 Å². The molecule has 1 saturated heterocycles. The van der Waals surface area contributed by atoms with Gasteiger partial charge in [-0.3, -0.25) is 4.79 Å². The lowest BCUT2D eigenvalue weighted by Crippen LogP contribution is -2.34. The van der Waals surface area contributed by atoms with Crippen molar-refractivity contribution in [2.45, 2.75) is 31.5 Å². The Bertz CT molecular complexity index is 1200. The van der Waals surface area contributed by atoms with Gasteiger partial charge in [0.15, 0.2) is 11.5 Å². The van der Waals surface area contributed by atoms with Crippen LogP contribution in [0, 0.1) is 5.92 Å². The number of benzene rings is 1. The van der Waals surface area contributed by atoms with E-state index >= 15 is 0 Å². The first kappa shape index (κ1) is 21.2. The number of carbonyl (C=O) groups is 2. The Morgan fingerprint density at radius 3 is 2.70 bits per heavy atom. The molecule has 1 saturated carbocycles. The van der Waals surface area contributed by atoms with Crippen molar-refractivity contribution in [1.82, 2.24) is 14.6 Å². The highest BCUT2D eigenvalue weighted by Crippen LogP contribution is 2.41. The fourth-order valence-corrected chi connectivity index (χ4v) is 4.47. The molecule has 0 spiro atoms. The molecule has 9 nitrogen and oxygen atoms in total. The van der Waals surface area contributed by atoms with Crippen LogP contribution in [0.1, 0.15) is 29.8 Å². The molecule has 1 aliphatic carbocycles.